The van der Waals surface area contributed by atoms with E-state index in [0.29, 0.717) is 37.1 Å². The van der Waals surface area contributed by atoms with Gasteiger partial charge >= 0.3 is 11.7 Å². The lowest BCUT2D eigenvalue weighted by Crippen LogP contribution is -2.50. The van der Waals surface area contributed by atoms with E-state index in [0.717, 1.165) is 18.9 Å². The number of likely N-dealkylation sites (tertiary alicyclic amines) is 1. The third-order valence-corrected chi connectivity index (χ3v) is 7.47. The molecule has 2 heterocycles. The summed E-state index contributed by atoms with van der Waals surface area (Å²) in [5.41, 5.74) is -0.0550. The number of carbonyl (C=O) groups excluding carboxylic acids is 2. The number of hydrogen-bond donors (Lipinski definition) is 2. The molecule has 0 spiro atoms. The lowest BCUT2D eigenvalue weighted by molar-refractivity contribution is 0.0913. The standard InChI is InChI=1S/C29H31FN6O4/c1-17(2)36-25-13-23(30)24(12-22(25)27(38)35(29(36)40)15-19-5-6-19)33-28(39)34-11-3-4-21(16-34)32-26(37)20-9-7-18(14-31)8-10-20/h7-10,12-13,17,19,21H,3-6,11,15-16H2,1-2H3,(H,32,37)(H,33,39)/t21-/m1/s1. The Morgan fingerprint density at radius 3 is 2.50 bits per heavy atom. The summed E-state index contributed by atoms with van der Waals surface area (Å²) in [6, 6.07) is 9.56. The van der Waals surface area contributed by atoms with Gasteiger partial charge in [0.25, 0.3) is 11.5 Å². The molecule has 0 unspecified atom stereocenters. The number of nitriles is 1. The van der Waals surface area contributed by atoms with Gasteiger partial charge in [-0.2, -0.15) is 5.26 Å². The molecule has 208 valence electrons. The van der Waals surface area contributed by atoms with Crippen molar-refractivity contribution in [3.63, 3.8) is 0 Å². The van der Waals surface area contributed by atoms with E-state index in [2.05, 4.69) is 10.6 Å². The SMILES string of the molecule is CC(C)n1c(=O)n(CC2CC2)c(=O)c2cc(NC(=O)N3CCC[C@@H](NC(=O)c4ccc(C#N)cc4)C3)c(F)cc21. The van der Waals surface area contributed by atoms with Crippen LogP contribution in [0, 0.1) is 23.1 Å². The van der Waals surface area contributed by atoms with Crippen molar-refractivity contribution >= 4 is 28.5 Å². The summed E-state index contributed by atoms with van der Waals surface area (Å²) in [4.78, 5) is 53.7. The number of rotatable bonds is 6. The highest BCUT2D eigenvalue weighted by Gasteiger charge is 2.28. The molecule has 3 aromatic rings. The number of halogens is 1. The molecule has 5 rings (SSSR count). The summed E-state index contributed by atoms with van der Waals surface area (Å²) in [5, 5.41) is 14.6. The Kier molecular flexibility index (Phi) is 7.43. The number of nitrogens with one attached hydrogen (secondary N) is 2. The van der Waals surface area contributed by atoms with Crippen molar-refractivity contribution in [2.24, 2.45) is 5.92 Å². The highest BCUT2D eigenvalue weighted by atomic mass is 19.1. The number of anilines is 1. The second-order valence-electron chi connectivity index (χ2n) is 10.8. The minimum atomic E-state index is -0.753. The van der Waals surface area contributed by atoms with Gasteiger partial charge in [0.05, 0.1) is 28.2 Å². The van der Waals surface area contributed by atoms with Gasteiger partial charge < -0.3 is 15.5 Å². The molecule has 10 nitrogen and oxygen atoms in total. The molecule has 1 atom stereocenters. The Morgan fingerprint density at radius 1 is 1.12 bits per heavy atom. The predicted molar refractivity (Wildman–Crippen MR) is 148 cm³/mol. The number of amides is 3. The van der Waals surface area contributed by atoms with Crippen molar-refractivity contribution in [3.05, 3.63) is 74.2 Å². The first-order valence-corrected chi connectivity index (χ1v) is 13.5. The minimum absolute atomic E-state index is 0.148. The van der Waals surface area contributed by atoms with Gasteiger partial charge in [-0.05, 0) is 75.8 Å². The van der Waals surface area contributed by atoms with E-state index in [-0.39, 0.29) is 47.0 Å². The zero-order valence-corrected chi connectivity index (χ0v) is 22.4. The molecule has 3 amide bonds. The normalized spacial score (nSPS) is 17.1. The van der Waals surface area contributed by atoms with Crippen LogP contribution < -0.4 is 21.9 Å². The number of piperidine rings is 1. The van der Waals surface area contributed by atoms with Crippen LogP contribution in [0.15, 0.2) is 46.0 Å². The average molecular weight is 547 g/mol. The lowest BCUT2D eigenvalue weighted by Gasteiger charge is -2.33. The van der Waals surface area contributed by atoms with E-state index in [4.69, 9.17) is 5.26 Å². The van der Waals surface area contributed by atoms with Crippen LogP contribution in [0.2, 0.25) is 0 Å². The van der Waals surface area contributed by atoms with E-state index in [1.54, 1.807) is 38.1 Å². The van der Waals surface area contributed by atoms with E-state index in [1.807, 2.05) is 6.07 Å². The molecule has 1 aliphatic heterocycles. The summed E-state index contributed by atoms with van der Waals surface area (Å²) >= 11 is 0. The second kappa shape index (κ2) is 11.0. The number of hydrogen-bond acceptors (Lipinski definition) is 5. The molecule has 1 aliphatic carbocycles. The number of aromatic nitrogens is 2. The monoisotopic (exact) mass is 546 g/mol. The summed E-state index contributed by atoms with van der Waals surface area (Å²) in [6.07, 6.45) is 3.23. The maximum atomic E-state index is 15.2. The number of benzene rings is 2. The maximum Gasteiger partial charge on any atom is 0.331 e. The molecule has 2 fully saturated rings. The maximum absolute atomic E-state index is 15.2. The van der Waals surface area contributed by atoms with Crippen molar-refractivity contribution in [2.75, 3.05) is 18.4 Å². The molecular formula is C29H31FN6O4. The Balaban J connectivity index is 1.35. The van der Waals surface area contributed by atoms with E-state index in [9.17, 15) is 19.2 Å². The van der Waals surface area contributed by atoms with Crippen LogP contribution in [-0.4, -0.2) is 45.1 Å². The smallest absolute Gasteiger partial charge is 0.331 e. The molecule has 2 aromatic carbocycles. The number of nitrogens with zero attached hydrogens (tertiary/aromatic N) is 4. The van der Waals surface area contributed by atoms with Gasteiger partial charge in [-0.25, -0.2) is 14.0 Å². The van der Waals surface area contributed by atoms with Crippen LogP contribution in [-0.2, 0) is 6.54 Å². The van der Waals surface area contributed by atoms with Gasteiger partial charge in [-0.3, -0.25) is 18.7 Å². The third-order valence-electron chi connectivity index (χ3n) is 7.47. The largest absolute Gasteiger partial charge is 0.348 e. The van der Waals surface area contributed by atoms with Crippen molar-refractivity contribution in [3.8, 4) is 6.07 Å². The number of carbonyl (C=O) groups is 2. The van der Waals surface area contributed by atoms with Gasteiger partial charge in [0.1, 0.15) is 5.82 Å². The Bertz CT molecular complexity index is 1630. The van der Waals surface area contributed by atoms with E-state index in [1.165, 1.54) is 20.1 Å². The molecule has 11 heteroatoms. The summed E-state index contributed by atoms with van der Waals surface area (Å²) in [5.74, 6) is -0.778. The quantitative estimate of drug-likeness (QED) is 0.488. The Morgan fingerprint density at radius 2 is 1.85 bits per heavy atom. The van der Waals surface area contributed by atoms with Crippen LogP contribution in [0.25, 0.3) is 10.9 Å². The Labute approximate surface area is 230 Å². The molecule has 1 saturated carbocycles. The molecule has 0 bridgehead atoms. The fourth-order valence-electron chi connectivity index (χ4n) is 5.15. The van der Waals surface area contributed by atoms with Crippen LogP contribution in [0.4, 0.5) is 14.9 Å². The first-order valence-electron chi connectivity index (χ1n) is 13.5. The molecular weight excluding hydrogens is 515 g/mol. The fraction of sp³-hybridized carbons (Fsp3) is 0.414. The van der Waals surface area contributed by atoms with E-state index >= 15 is 4.39 Å². The summed E-state index contributed by atoms with van der Waals surface area (Å²) in [6.45, 7) is 4.57. The second-order valence-corrected chi connectivity index (χ2v) is 10.8. The van der Waals surface area contributed by atoms with Crippen molar-refractivity contribution in [1.29, 1.82) is 5.26 Å². The molecule has 0 radical (unpaired) electrons. The zero-order chi connectivity index (χ0) is 28.6. The summed E-state index contributed by atoms with van der Waals surface area (Å²) in [7, 11) is 0. The van der Waals surface area contributed by atoms with Gasteiger partial charge in [-0.1, -0.05) is 0 Å². The number of fused-ring (bicyclic) bond motifs is 1. The van der Waals surface area contributed by atoms with Crippen molar-refractivity contribution in [1.82, 2.24) is 19.4 Å². The zero-order valence-electron chi connectivity index (χ0n) is 22.4. The van der Waals surface area contributed by atoms with Crippen LogP contribution in [0.3, 0.4) is 0 Å². The Hall–Kier alpha value is -4.46. The van der Waals surface area contributed by atoms with Crippen LogP contribution in [0.5, 0.6) is 0 Å². The lowest BCUT2D eigenvalue weighted by atomic mass is 10.0. The predicted octanol–water partition coefficient (Wildman–Crippen LogP) is 3.59. The van der Waals surface area contributed by atoms with Gasteiger partial charge in [0.2, 0.25) is 0 Å². The molecule has 2 N–H and O–H groups in total. The summed E-state index contributed by atoms with van der Waals surface area (Å²) < 4.78 is 17.9. The topological polar surface area (TPSA) is 129 Å². The highest BCUT2D eigenvalue weighted by Crippen LogP contribution is 2.30. The molecule has 2 aliphatic rings. The highest BCUT2D eigenvalue weighted by molar-refractivity contribution is 5.95. The minimum Gasteiger partial charge on any atom is -0.348 e. The molecule has 1 aromatic heterocycles. The van der Waals surface area contributed by atoms with Crippen molar-refractivity contribution < 1.29 is 14.0 Å². The van der Waals surface area contributed by atoms with E-state index < -0.39 is 23.1 Å². The first-order chi connectivity index (χ1) is 19.2. The number of urea groups is 1. The molecule has 40 heavy (non-hydrogen) atoms. The van der Waals surface area contributed by atoms with Crippen molar-refractivity contribution in [2.45, 2.75) is 58.2 Å². The first kappa shape index (κ1) is 27.1. The van der Waals surface area contributed by atoms with Gasteiger partial charge in [-0.15, -0.1) is 0 Å². The van der Waals surface area contributed by atoms with Gasteiger partial charge in [0, 0.05) is 43.3 Å². The average Bonchev–Trinajstić information content (AvgIpc) is 3.76. The fourth-order valence-corrected chi connectivity index (χ4v) is 5.15. The molecule has 1 saturated heterocycles. The third kappa shape index (κ3) is 5.47. The van der Waals surface area contributed by atoms with Gasteiger partial charge in [0.15, 0.2) is 0 Å². The van der Waals surface area contributed by atoms with Crippen LogP contribution in [0.1, 0.15) is 61.5 Å². The van der Waals surface area contributed by atoms with Crippen LogP contribution >= 0.6 is 0 Å².